The molecule has 0 fully saturated rings. The lowest BCUT2D eigenvalue weighted by atomic mass is 10.3. The van der Waals surface area contributed by atoms with Crippen molar-refractivity contribution in [1.82, 2.24) is 0 Å². The number of hydrogen-bond donors (Lipinski definition) is 1. The monoisotopic (exact) mass is 330 g/mol. The topological polar surface area (TPSA) is 38.7 Å². The summed E-state index contributed by atoms with van der Waals surface area (Å²) in [6, 6.07) is 11.2. The molecule has 0 bridgehead atoms. The van der Waals surface area contributed by atoms with Crippen LogP contribution < -0.4 is 9.47 Å². The number of phenols is 1. The first kappa shape index (κ1) is 13.6. The predicted octanol–water partition coefficient (Wildman–Crippen LogP) is 4.55. The van der Waals surface area contributed by atoms with Crippen molar-refractivity contribution in [2.45, 2.75) is 6.61 Å². The second kappa shape index (κ2) is 5.88. The molecule has 0 amide bonds. The molecule has 0 heterocycles. The second-order valence-corrected chi connectivity index (χ2v) is 4.37. The fourth-order valence-electron chi connectivity index (χ4n) is 1.43. The fourth-order valence-corrected chi connectivity index (χ4v) is 1.84. The number of halogens is 3. The fraction of sp³-hybridized carbons (Fsp3) is 0.0769. The molecular weight excluding hydrogens is 322 g/mol. The molecule has 0 radical (unpaired) electrons. The van der Waals surface area contributed by atoms with Gasteiger partial charge in [-0.25, -0.2) is 0 Å². The number of alkyl halides is 2. The van der Waals surface area contributed by atoms with E-state index < -0.39 is 6.61 Å². The van der Waals surface area contributed by atoms with E-state index in [2.05, 4.69) is 20.7 Å². The molecule has 0 unspecified atom stereocenters. The Bertz CT molecular complexity index is 561. The molecule has 0 spiro atoms. The molecule has 0 aliphatic heterocycles. The minimum atomic E-state index is -3.02. The highest BCUT2D eigenvalue weighted by Gasteiger charge is 2.19. The predicted molar refractivity (Wildman–Crippen MR) is 69.0 cm³/mol. The van der Waals surface area contributed by atoms with Crippen LogP contribution in [0.3, 0.4) is 0 Å². The van der Waals surface area contributed by atoms with Crippen LogP contribution in [0.1, 0.15) is 0 Å². The maximum Gasteiger partial charge on any atom is 0.387 e. The summed E-state index contributed by atoms with van der Waals surface area (Å²) in [4.78, 5) is 0. The summed E-state index contributed by atoms with van der Waals surface area (Å²) in [5.74, 6) is -0.308. The molecule has 100 valence electrons. The smallest absolute Gasteiger partial charge is 0.387 e. The molecule has 0 aliphatic rings. The van der Waals surface area contributed by atoms with Gasteiger partial charge in [-0.05, 0) is 40.2 Å². The number of aromatic hydroxyl groups is 1. The molecule has 6 heteroatoms. The van der Waals surface area contributed by atoms with Gasteiger partial charge in [0.25, 0.3) is 0 Å². The van der Waals surface area contributed by atoms with E-state index in [1.54, 1.807) is 30.3 Å². The Hall–Kier alpha value is -1.82. The van der Waals surface area contributed by atoms with Crippen molar-refractivity contribution in [2.75, 3.05) is 0 Å². The molecule has 2 rings (SSSR count). The molecule has 1 N–H and O–H groups in total. The Kier molecular flexibility index (Phi) is 4.21. The third kappa shape index (κ3) is 3.35. The van der Waals surface area contributed by atoms with Crippen molar-refractivity contribution in [2.24, 2.45) is 0 Å². The van der Waals surface area contributed by atoms with Crippen molar-refractivity contribution in [1.29, 1.82) is 0 Å². The minimum absolute atomic E-state index is 0.166. The number of para-hydroxylation sites is 1. The van der Waals surface area contributed by atoms with Gasteiger partial charge in [-0.15, -0.1) is 0 Å². The lowest BCUT2D eigenvalue weighted by Crippen LogP contribution is -2.04. The first-order valence-corrected chi connectivity index (χ1v) is 6.06. The van der Waals surface area contributed by atoms with E-state index in [-0.39, 0.29) is 21.7 Å². The van der Waals surface area contributed by atoms with E-state index in [9.17, 15) is 13.9 Å². The molecule has 0 saturated heterocycles. The first-order chi connectivity index (χ1) is 9.08. The summed E-state index contributed by atoms with van der Waals surface area (Å²) in [6.07, 6.45) is 0. The molecule has 0 aliphatic carbocycles. The zero-order valence-electron chi connectivity index (χ0n) is 9.52. The van der Waals surface area contributed by atoms with Crippen LogP contribution in [0, 0.1) is 0 Å². The normalized spacial score (nSPS) is 10.5. The van der Waals surface area contributed by atoms with Crippen LogP contribution in [0.4, 0.5) is 8.78 Å². The maximum atomic E-state index is 12.4. The highest BCUT2D eigenvalue weighted by atomic mass is 79.9. The zero-order valence-corrected chi connectivity index (χ0v) is 11.1. The van der Waals surface area contributed by atoms with Crippen LogP contribution in [0.15, 0.2) is 46.9 Å². The van der Waals surface area contributed by atoms with E-state index in [1.807, 2.05) is 0 Å². The average Bonchev–Trinajstić information content (AvgIpc) is 2.39. The number of ether oxygens (including phenoxy) is 2. The van der Waals surface area contributed by atoms with Gasteiger partial charge in [0.1, 0.15) is 5.75 Å². The van der Waals surface area contributed by atoms with Crippen LogP contribution in [-0.2, 0) is 0 Å². The molecule has 0 atom stereocenters. The Balaban J connectivity index is 2.40. The number of phenolic OH excluding ortho intramolecular Hbond substituents is 1. The molecule has 2 aromatic rings. The summed E-state index contributed by atoms with van der Waals surface area (Å²) in [5, 5.41) is 9.72. The Labute approximate surface area is 116 Å². The number of hydrogen-bond acceptors (Lipinski definition) is 3. The highest BCUT2D eigenvalue weighted by Crippen LogP contribution is 2.44. The first-order valence-electron chi connectivity index (χ1n) is 5.27. The van der Waals surface area contributed by atoms with Gasteiger partial charge in [-0.3, -0.25) is 0 Å². The maximum absolute atomic E-state index is 12.4. The largest absolute Gasteiger partial charge is 0.504 e. The number of rotatable bonds is 4. The highest BCUT2D eigenvalue weighted by molar-refractivity contribution is 9.10. The SMILES string of the molecule is Oc1ccc(Br)c(OC(F)F)c1Oc1ccccc1. The standard InChI is InChI=1S/C13H9BrF2O3/c14-9-6-7-10(17)12(11(9)19-13(15)16)18-8-4-2-1-3-5-8/h1-7,13,17H. The van der Waals surface area contributed by atoms with E-state index in [4.69, 9.17) is 4.74 Å². The lowest BCUT2D eigenvalue weighted by molar-refractivity contribution is -0.0516. The van der Waals surface area contributed by atoms with Gasteiger partial charge in [0, 0.05) is 0 Å². The van der Waals surface area contributed by atoms with Crippen LogP contribution in [-0.4, -0.2) is 11.7 Å². The van der Waals surface area contributed by atoms with Gasteiger partial charge in [0.2, 0.25) is 5.75 Å². The molecular formula is C13H9BrF2O3. The summed E-state index contributed by atoms with van der Waals surface area (Å²) in [5.41, 5.74) is 0. The summed E-state index contributed by atoms with van der Waals surface area (Å²) in [7, 11) is 0. The van der Waals surface area contributed by atoms with Gasteiger partial charge < -0.3 is 14.6 Å². The lowest BCUT2D eigenvalue weighted by Gasteiger charge is -2.14. The number of benzene rings is 2. The van der Waals surface area contributed by atoms with Gasteiger partial charge in [0.15, 0.2) is 11.5 Å². The Morgan fingerprint density at radius 2 is 1.68 bits per heavy atom. The van der Waals surface area contributed by atoms with Crippen molar-refractivity contribution in [3.63, 3.8) is 0 Å². The molecule has 0 saturated carbocycles. The molecule has 0 aromatic heterocycles. The quantitative estimate of drug-likeness (QED) is 0.893. The third-order valence-corrected chi connectivity index (χ3v) is 2.84. The molecule has 2 aromatic carbocycles. The zero-order chi connectivity index (χ0) is 13.8. The average molecular weight is 331 g/mol. The van der Waals surface area contributed by atoms with Gasteiger partial charge >= 0.3 is 6.61 Å². The van der Waals surface area contributed by atoms with Crippen LogP contribution in [0.2, 0.25) is 0 Å². The third-order valence-electron chi connectivity index (χ3n) is 2.21. The molecule has 3 nitrogen and oxygen atoms in total. The summed E-state index contributed by atoms with van der Waals surface area (Å²) < 4.78 is 34.7. The molecule has 19 heavy (non-hydrogen) atoms. The van der Waals surface area contributed by atoms with Crippen LogP contribution in [0.5, 0.6) is 23.0 Å². The van der Waals surface area contributed by atoms with Crippen molar-refractivity contribution < 1.29 is 23.4 Å². The van der Waals surface area contributed by atoms with Crippen LogP contribution >= 0.6 is 15.9 Å². The minimum Gasteiger partial charge on any atom is -0.504 e. The Morgan fingerprint density at radius 3 is 2.32 bits per heavy atom. The van der Waals surface area contributed by atoms with Crippen molar-refractivity contribution in [3.05, 3.63) is 46.9 Å². The van der Waals surface area contributed by atoms with Gasteiger partial charge in [-0.1, -0.05) is 18.2 Å². The van der Waals surface area contributed by atoms with Crippen molar-refractivity contribution >= 4 is 15.9 Å². The van der Waals surface area contributed by atoms with Crippen molar-refractivity contribution in [3.8, 4) is 23.0 Å². The van der Waals surface area contributed by atoms with Gasteiger partial charge in [0.05, 0.1) is 4.47 Å². The Morgan fingerprint density at radius 1 is 1.00 bits per heavy atom. The van der Waals surface area contributed by atoms with E-state index >= 15 is 0 Å². The van der Waals surface area contributed by atoms with E-state index in [0.29, 0.717) is 5.75 Å². The van der Waals surface area contributed by atoms with E-state index in [0.717, 1.165) is 0 Å². The summed E-state index contributed by atoms with van der Waals surface area (Å²) >= 11 is 3.07. The van der Waals surface area contributed by atoms with Gasteiger partial charge in [-0.2, -0.15) is 8.78 Å². The van der Waals surface area contributed by atoms with Crippen LogP contribution in [0.25, 0.3) is 0 Å². The second-order valence-electron chi connectivity index (χ2n) is 3.52. The van der Waals surface area contributed by atoms with E-state index in [1.165, 1.54) is 12.1 Å². The summed E-state index contributed by atoms with van der Waals surface area (Å²) in [6.45, 7) is -3.02.